The molecule has 28 heavy (non-hydrogen) atoms. The van der Waals surface area contributed by atoms with Gasteiger partial charge in [0.15, 0.2) is 0 Å². The highest BCUT2D eigenvalue weighted by Crippen LogP contribution is 2.31. The van der Waals surface area contributed by atoms with Crippen LogP contribution in [0.2, 0.25) is 0 Å². The number of carbonyl (C=O) groups is 1. The Kier molecular flexibility index (Phi) is 4.97. The number of rotatable bonds is 3. The maximum absolute atomic E-state index is 14.1. The Labute approximate surface area is 163 Å². The van der Waals surface area contributed by atoms with Crippen molar-refractivity contribution in [2.45, 2.75) is 45.1 Å². The lowest BCUT2D eigenvalue weighted by Crippen LogP contribution is -2.20. The van der Waals surface area contributed by atoms with Gasteiger partial charge in [0, 0.05) is 0 Å². The van der Waals surface area contributed by atoms with Gasteiger partial charge in [-0.1, -0.05) is 12.5 Å². The average molecular weight is 404 g/mol. The number of aromatic nitrogens is 2. The summed E-state index contributed by atoms with van der Waals surface area (Å²) in [5.41, 5.74) is -0.484. The van der Waals surface area contributed by atoms with E-state index in [9.17, 15) is 18.4 Å². The molecule has 5 nitrogen and oxygen atoms in total. The molecule has 0 radical (unpaired) electrons. The summed E-state index contributed by atoms with van der Waals surface area (Å²) in [5.74, 6) is -2.34. The highest BCUT2D eigenvalue weighted by molar-refractivity contribution is 7.20. The SMILES string of the molecule is Cc1c(C(=O)OC2CCCCC2)sc2nc(-c3c(F)cccc3F)[nH]c(=O)c12. The first kappa shape index (κ1) is 18.7. The van der Waals surface area contributed by atoms with Crippen LogP contribution in [0.25, 0.3) is 21.6 Å². The van der Waals surface area contributed by atoms with Gasteiger partial charge in [-0.2, -0.15) is 0 Å². The zero-order chi connectivity index (χ0) is 19.8. The normalized spacial score (nSPS) is 15.1. The van der Waals surface area contributed by atoms with E-state index in [1.807, 2.05) is 0 Å². The molecule has 0 spiro atoms. The summed E-state index contributed by atoms with van der Waals surface area (Å²) in [4.78, 5) is 32.3. The minimum absolute atomic E-state index is 0.111. The first-order valence-corrected chi connectivity index (χ1v) is 9.96. The fraction of sp³-hybridized carbons (Fsp3) is 0.350. The van der Waals surface area contributed by atoms with Gasteiger partial charge in [0.1, 0.15) is 33.3 Å². The summed E-state index contributed by atoms with van der Waals surface area (Å²) in [5, 5.41) is 0.237. The van der Waals surface area contributed by atoms with Crippen molar-refractivity contribution in [3.8, 4) is 11.4 Å². The Hall–Kier alpha value is -2.61. The molecule has 0 amide bonds. The van der Waals surface area contributed by atoms with Crippen molar-refractivity contribution < 1.29 is 18.3 Å². The van der Waals surface area contributed by atoms with E-state index in [-0.39, 0.29) is 22.1 Å². The minimum atomic E-state index is -0.826. The van der Waals surface area contributed by atoms with Crippen LogP contribution in [0.1, 0.15) is 47.3 Å². The van der Waals surface area contributed by atoms with E-state index in [1.165, 1.54) is 6.07 Å². The molecule has 0 unspecified atom stereocenters. The average Bonchev–Trinajstić information content (AvgIpc) is 2.99. The quantitative estimate of drug-likeness (QED) is 0.641. The zero-order valence-electron chi connectivity index (χ0n) is 15.2. The molecule has 1 N–H and O–H groups in total. The summed E-state index contributed by atoms with van der Waals surface area (Å²) in [6.07, 6.45) is 4.77. The number of nitrogens with one attached hydrogen (secondary N) is 1. The van der Waals surface area contributed by atoms with Gasteiger partial charge in [-0.15, -0.1) is 11.3 Å². The fourth-order valence-electron chi connectivity index (χ4n) is 3.57. The number of aromatic amines is 1. The Morgan fingerprint density at radius 3 is 2.57 bits per heavy atom. The molecule has 1 aliphatic carbocycles. The van der Waals surface area contributed by atoms with Gasteiger partial charge in [-0.25, -0.2) is 18.6 Å². The summed E-state index contributed by atoms with van der Waals surface area (Å²) in [6.45, 7) is 1.65. The first-order chi connectivity index (χ1) is 13.5. The Morgan fingerprint density at radius 2 is 1.89 bits per heavy atom. The van der Waals surface area contributed by atoms with Gasteiger partial charge in [0.2, 0.25) is 0 Å². The number of fused-ring (bicyclic) bond motifs is 1. The predicted octanol–water partition coefficient (Wildman–Crippen LogP) is 4.73. The van der Waals surface area contributed by atoms with Gasteiger partial charge in [0.25, 0.3) is 5.56 Å². The molecule has 2 heterocycles. The first-order valence-electron chi connectivity index (χ1n) is 9.14. The molecule has 0 saturated heterocycles. The summed E-state index contributed by atoms with van der Waals surface area (Å²) in [7, 11) is 0. The van der Waals surface area contributed by atoms with E-state index >= 15 is 0 Å². The second-order valence-corrected chi connectivity index (χ2v) is 7.91. The fourth-order valence-corrected chi connectivity index (χ4v) is 4.63. The van der Waals surface area contributed by atoms with Crippen LogP contribution in [-0.4, -0.2) is 22.0 Å². The third-order valence-corrected chi connectivity index (χ3v) is 6.18. The van der Waals surface area contributed by atoms with Crippen molar-refractivity contribution in [1.82, 2.24) is 9.97 Å². The molecular weight excluding hydrogens is 386 g/mol. The van der Waals surface area contributed by atoms with Crippen LogP contribution >= 0.6 is 11.3 Å². The van der Waals surface area contributed by atoms with Gasteiger partial charge in [0.05, 0.1) is 10.9 Å². The van der Waals surface area contributed by atoms with E-state index in [0.29, 0.717) is 10.4 Å². The van der Waals surface area contributed by atoms with E-state index in [1.54, 1.807) is 6.92 Å². The van der Waals surface area contributed by atoms with Crippen LogP contribution in [0.15, 0.2) is 23.0 Å². The minimum Gasteiger partial charge on any atom is -0.458 e. The van der Waals surface area contributed by atoms with E-state index < -0.39 is 28.7 Å². The number of aryl methyl sites for hydroxylation is 1. The number of thiophene rings is 1. The molecule has 0 aliphatic heterocycles. The topological polar surface area (TPSA) is 72.0 Å². The maximum Gasteiger partial charge on any atom is 0.348 e. The van der Waals surface area contributed by atoms with Crippen molar-refractivity contribution in [3.05, 3.63) is 50.6 Å². The molecule has 1 aromatic carbocycles. The van der Waals surface area contributed by atoms with Gasteiger partial charge < -0.3 is 9.72 Å². The number of carbonyl (C=O) groups excluding carboxylic acids is 1. The zero-order valence-corrected chi connectivity index (χ0v) is 16.0. The number of halogens is 2. The summed E-state index contributed by atoms with van der Waals surface area (Å²) >= 11 is 1.00. The van der Waals surface area contributed by atoms with Crippen LogP contribution in [-0.2, 0) is 4.74 Å². The second-order valence-electron chi connectivity index (χ2n) is 6.91. The predicted molar refractivity (Wildman–Crippen MR) is 103 cm³/mol. The summed E-state index contributed by atoms with van der Waals surface area (Å²) < 4.78 is 33.7. The van der Waals surface area contributed by atoms with Crippen LogP contribution in [0, 0.1) is 18.6 Å². The van der Waals surface area contributed by atoms with E-state index in [2.05, 4.69) is 9.97 Å². The molecule has 8 heteroatoms. The largest absolute Gasteiger partial charge is 0.458 e. The highest BCUT2D eigenvalue weighted by Gasteiger charge is 2.25. The molecule has 0 bridgehead atoms. The number of esters is 1. The van der Waals surface area contributed by atoms with Crippen LogP contribution in [0.4, 0.5) is 8.78 Å². The van der Waals surface area contributed by atoms with Crippen molar-refractivity contribution in [2.75, 3.05) is 0 Å². The van der Waals surface area contributed by atoms with Crippen LogP contribution in [0.3, 0.4) is 0 Å². The molecule has 0 atom stereocenters. The standard InChI is InChI=1S/C20H18F2N2O3S/c1-10-14-18(25)23-17(15-12(21)8-5-9-13(15)22)24-19(14)28-16(10)20(26)27-11-6-3-2-4-7-11/h5,8-9,11H,2-4,6-7H2,1H3,(H,23,24,25). The number of benzene rings is 1. The maximum atomic E-state index is 14.1. The van der Waals surface area contributed by atoms with Crippen molar-refractivity contribution in [3.63, 3.8) is 0 Å². The number of ether oxygens (including phenoxy) is 1. The van der Waals surface area contributed by atoms with E-state index in [4.69, 9.17) is 4.74 Å². The monoisotopic (exact) mass is 404 g/mol. The molecule has 146 valence electrons. The lowest BCUT2D eigenvalue weighted by atomic mass is 9.98. The third kappa shape index (κ3) is 3.32. The van der Waals surface area contributed by atoms with Crippen LogP contribution < -0.4 is 5.56 Å². The second kappa shape index (κ2) is 7.43. The number of nitrogens with zero attached hydrogens (tertiary/aromatic N) is 1. The molecule has 1 aliphatic rings. The molecule has 3 aromatic rings. The number of hydrogen-bond donors (Lipinski definition) is 1. The Balaban J connectivity index is 1.75. The molecule has 2 aromatic heterocycles. The number of H-pyrrole nitrogens is 1. The lowest BCUT2D eigenvalue weighted by Gasteiger charge is -2.21. The third-order valence-electron chi connectivity index (χ3n) is 5.01. The lowest BCUT2D eigenvalue weighted by molar-refractivity contribution is 0.0216. The Bertz CT molecular complexity index is 1100. The Morgan fingerprint density at radius 1 is 1.21 bits per heavy atom. The smallest absolute Gasteiger partial charge is 0.348 e. The van der Waals surface area contributed by atoms with Gasteiger partial charge >= 0.3 is 5.97 Å². The van der Waals surface area contributed by atoms with Gasteiger partial charge in [-0.3, -0.25) is 4.79 Å². The van der Waals surface area contributed by atoms with Crippen molar-refractivity contribution >= 4 is 27.5 Å². The van der Waals surface area contributed by atoms with Crippen molar-refractivity contribution in [2.24, 2.45) is 0 Å². The van der Waals surface area contributed by atoms with E-state index in [0.717, 1.165) is 55.6 Å². The molecule has 4 rings (SSSR count). The van der Waals surface area contributed by atoms with Gasteiger partial charge in [-0.05, 0) is 50.3 Å². The molecule has 1 saturated carbocycles. The molecular formula is C20H18F2N2O3S. The highest BCUT2D eigenvalue weighted by atomic mass is 32.1. The summed E-state index contributed by atoms with van der Waals surface area (Å²) in [6, 6.07) is 3.42. The molecule has 1 fully saturated rings. The van der Waals surface area contributed by atoms with Crippen molar-refractivity contribution in [1.29, 1.82) is 0 Å². The van der Waals surface area contributed by atoms with Crippen LogP contribution in [0.5, 0.6) is 0 Å². The number of hydrogen-bond acceptors (Lipinski definition) is 5.